The van der Waals surface area contributed by atoms with E-state index in [0.717, 1.165) is 11.8 Å². The summed E-state index contributed by atoms with van der Waals surface area (Å²) in [6.07, 6.45) is 8.94. The van der Waals surface area contributed by atoms with Gasteiger partial charge in [0.05, 0.1) is 7.11 Å². The molecule has 1 saturated carbocycles. The standard InChI is InChI=1S/C17H27N3O/c1-21-17-7-6-14(11-19-17)16(10-18)20-9-8-13-4-2-3-5-15(13)12-20/h6-7,11,13,15-16H,2-5,8-10,12,18H2,1H3. The van der Waals surface area contributed by atoms with E-state index in [4.69, 9.17) is 10.5 Å². The average molecular weight is 289 g/mol. The van der Waals surface area contributed by atoms with Crippen molar-refractivity contribution in [3.8, 4) is 5.88 Å². The van der Waals surface area contributed by atoms with E-state index in [2.05, 4.69) is 16.0 Å². The summed E-state index contributed by atoms with van der Waals surface area (Å²) in [5.41, 5.74) is 7.29. The molecular formula is C17H27N3O. The molecule has 2 heterocycles. The summed E-state index contributed by atoms with van der Waals surface area (Å²) in [5.74, 6) is 2.51. The highest BCUT2D eigenvalue weighted by molar-refractivity contribution is 5.21. The van der Waals surface area contributed by atoms with Gasteiger partial charge in [0.25, 0.3) is 0 Å². The molecule has 0 radical (unpaired) electrons. The monoisotopic (exact) mass is 289 g/mol. The van der Waals surface area contributed by atoms with Crippen LogP contribution < -0.4 is 10.5 Å². The number of fused-ring (bicyclic) bond motifs is 1. The van der Waals surface area contributed by atoms with Crippen LogP contribution >= 0.6 is 0 Å². The Morgan fingerprint density at radius 1 is 1.29 bits per heavy atom. The number of aromatic nitrogens is 1. The smallest absolute Gasteiger partial charge is 0.212 e. The molecule has 2 N–H and O–H groups in total. The molecule has 3 unspecified atom stereocenters. The van der Waals surface area contributed by atoms with E-state index in [1.54, 1.807) is 7.11 Å². The number of piperidine rings is 1. The maximum atomic E-state index is 6.07. The molecule has 0 spiro atoms. The van der Waals surface area contributed by atoms with Gasteiger partial charge in [0.2, 0.25) is 5.88 Å². The molecule has 0 amide bonds. The molecule has 2 aliphatic rings. The minimum absolute atomic E-state index is 0.297. The molecule has 116 valence electrons. The first-order valence-electron chi connectivity index (χ1n) is 8.26. The van der Waals surface area contributed by atoms with Gasteiger partial charge in [-0.05, 0) is 36.8 Å². The molecule has 4 heteroatoms. The fourth-order valence-electron chi connectivity index (χ4n) is 4.12. The molecule has 1 aliphatic carbocycles. The fraction of sp³-hybridized carbons (Fsp3) is 0.706. The van der Waals surface area contributed by atoms with Crippen molar-refractivity contribution in [2.45, 2.75) is 38.1 Å². The predicted molar refractivity (Wildman–Crippen MR) is 84.2 cm³/mol. The molecule has 1 aromatic rings. The zero-order chi connectivity index (χ0) is 14.7. The number of nitrogens with two attached hydrogens (primary N) is 1. The number of ether oxygens (including phenoxy) is 1. The Morgan fingerprint density at radius 3 is 2.76 bits per heavy atom. The van der Waals surface area contributed by atoms with Crippen LogP contribution in [0.15, 0.2) is 18.3 Å². The van der Waals surface area contributed by atoms with Crippen LogP contribution in [-0.2, 0) is 0 Å². The van der Waals surface area contributed by atoms with Crippen molar-refractivity contribution in [1.82, 2.24) is 9.88 Å². The largest absolute Gasteiger partial charge is 0.481 e. The van der Waals surface area contributed by atoms with Gasteiger partial charge >= 0.3 is 0 Å². The molecule has 4 nitrogen and oxygen atoms in total. The third-order valence-electron chi connectivity index (χ3n) is 5.34. The van der Waals surface area contributed by atoms with Gasteiger partial charge in [-0.15, -0.1) is 0 Å². The van der Waals surface area contributed by atoms with Gasteiger partial charge in [-0.3, -0.25) is 4.90 Å². The molecule has 1 saturated heterocycles. The van der Waals surface area contributed by atoms with Crippen LogP contribution in [0, 0.1) is 11.8 Å². The summed E-state index contributed by atoms with van der Waals surface area (Å²) in [6, 6.07) is 4.34. The van der Waals surface area contributed by atoms with Gasteiger partial charge in [-0.25, -0.2) is 4.98 Å². The maximum absolute atomic E-state index is 6.07. The topological polar surface area (TPSA) is 51.4 Å². The predicted octanol–water partition coefficient (Wildman–Crippen LogP) is 2.60. The molecule has 21 heavy (non-hydrogen) atoms. The van der Waals surface area contributed by atoms with Gasteiger partial charge in [0.15, 0.2) is 0 Å². The Morgan fingerprint density at radius 2 is 2.10 bits per heavy atom. The fourth-order valence-corrected chi connectivity index (χ4v) is 4.12. The molecule has 0 aromatic carbocycles. The average Bonchev–Trinajstić information content (AvgIpc) is 2.56. The highest BCUT2D eigenvalue weighted by atomic mass is 16.5. The number of likely N-dealkylation sites (tertiary alicyclic amines) is 1. The lowest BCUT2D eigenvalue weighted by Gasteiger charge is -2.44. The lowest BCUT2D eigenvalue weighted by molar-refractivity contribution is 0.0585. The number of methoxy groups -OCH3 is 1. The van der Waals surface area contributed by atoms with Crippen LogP contribution in [0.3, 0.4) is 0 Å². The number of pyridine rings is 1. The Kier molecular flexibility index (Phi) is 4.76. The van der Waals surface area contributed by atoms with E-state index in [9.17, 15) is 0 Å². The van der Waals surface area contributed by atoms with Crippen LogP contribution in [0.25, 0.3) is 0 Å². The molecule has 3 atom stereocenters. The molecule has 0 bridgehead atoms. The third kappa shape index (κ3) is 3.22. The second-order valence-corrected chi connectivity index (χ2v) is 6.47. The van der Waals surface area contributed by atoms with Crippen LogP contribution in [-0.4, -0.2) is 36.6 Å². The number of hydrogen-bond acceptors (Lipinski definition) is 4. The van der Waals surface area contributed by atoms with E-state index in [1.165, 1.54) is 50.8 Å². The molecular weight excluding hydrogens is 262 g/mol. The van der Waals surface area contributed by atoms with Crippen molar-refractivity contribution >= 4 is 0 Å². The van der Waals surface area contributed by atoms with E-state index < -0.39 is 0 Å². The summed E-state index contributed by atoms with van der Waals surface area (Å²) in [7, 11) is 1.65. The first-order valence-corrected chi connectivity index (χ1v) is 8.26. The minimum Gasteiger partial charge on any atom is -0.481 e. The van der Waals surface area contributed by atoms with Gasteiger partial charge in [0.1, 0.15) is 0 Å². The van der Waals surface area contributed by atoms with Crippen molar-refractivity contribution in [2.75, 3.05) is 26.7 Å². The first kappa shape index (κ1) is 14.8. The van der Waals surface area contributed by atoms with E-state index in [1.807, 2.05) is 12.3 Å². The Labute approximate surface area is 127 Å². The second-order valence-electron chi connectivity index (χ2n) is 6.47. The summed E-state index contributed by atoms with van der Waals surface area (Å²) in [6.45, 7) is 3.04. The van der Waals surface area contributed by atoms with E-state index in [0.29, 0.717) is 18.5 Å². The first-order chi connectivity index (χ1) is 10.3. The zero-order valence-electron chi connectivity index (χ0n) is 13.0. The van der Waals surface area contributed by atoms with Crippen molar-refractivity contribution in [2.24, 2.45) is 17.6 Å². The number of hydrogen-bond donors (Lipinski definition) is 1. The lowest BCUT2D eigenvalue weighted by Crippen LogP contribution is -2.45. The van der Waals surface area contributed by atoms with Crippen molar-refractivity contribution in [1.29, 1.82) is 0 Å². The highest BCUT2D eigenvalue weighted by Crippen LogP contribution is 2.38. The summed E-state index contributed by atoms with van der Waals surface area (Å²) >= 11 is 0. The molecule has 1 aromatic heterocycles. The van der Waals surface area contributed by atoms with Gasteiger partial charge in [-0.1, -0.05) is 25.3 Å². The highest BCUT2D eigenvalue weighted by Gasteiger charge is 2.33. The number of nitrogens with zero attached hydrogens (tertiary/aromatic N) is 2. The summed E-state index contributed by atoms with van der Waals surface area (Å²) < 4.78 is 5.14. The SMILES string of the molecule is COc1ccc(C(CN)N2CCC3CCCCC3C2)cn1. The van der Waals surface area contributed by atoms with Crippen molar-refractivity contribution in [3.05, 3.63) is 23.9 Å². The molecule has 1 aliphatic heterocycles. The van der Waals surface area contributed by atoms with Crippen LogP contribution in [0.5, 0.6) is 5.88 Å². The zero-order valence-corrected chi connectivity index (χ0v) is 13.0. The minimum atomic E-state index is 0.297. The molecule has 2 fully saturated rings. The van der Waals surface area contributed by atoms with Crippen molar-refractivity contribution < 1.29 is 4.74 Å². The third-order valence-corrected chi connectivity index (χ3v) is 5.34. The van der Waals surface area contributed by atoms with E-state index >= 15 is 0 Å². The van der Waals surface area contributed by atoms with E-state index in [-0.39, 0.29) is 0 Å². The molecule has 3 rings (SSSR count). The van der Waals surface area contributed by atoms with Gasteiger partial charge < -0.3 is 10.5 Å². The van der Waals surface area contributed by atoms with Crippen LogP contribution in [0.1, 0.15) is 43.7 Å². The second kappa shape index (κ2) is 6.75. The quantitative estimate of drug-likeness (QED) is 0.925. The van der Waals surface area contributed by atoms with Crippen molar-refractivity contribution in [3.63, 3.8) is 0 Å². The van der Waals surface area contributed by atoms with Gasteiger partial charge in [-0.2, -0.15) is 0 Å². The Hall–Kier alpha value is -1.13. The summed E-state index contributed by atoms with van der Waals surface area (Å²) in [4.78, 5) is 6.92. The summed E-state index contributed by atoms with van der Waals surface area (Å²) in [5, 5.41) is 0. The van der Waals surface area contributed by atoms with Crippen LogP contribution in [0.2, 0.25) is 0 Å². The normalized spacial score (nSPS) is 27.9. The number of rotatable bonds is 4. The Bertz CT molecular complexity index is 448. The Balaban J connectivity index is 1.70. The van der Waals surface area contributed by atoms with Gasteiger partial charge in [0, 0.05) is 31.4 Å². The lowest BCUT2D eigenvalue weighted by atomic mass is 9.74. The van der Waals surface area contributed by atoms with Crippen LogP contribution in [0.4, 0.5) is 0 Å². The maximum Gasteiger partial charge on any atom is 0.212 e.